The first kappa shape index (κ1) is 21.8. The molecule has 32 heavy (non-hydrogen) atoms. The summed E-state index contributed by atoms with van der Waals surface area (Å²) in [5.41, 5.74) is 6.64. The van der Waals surface area contributed by atoms with Crippen molar-refractivity contribution < 1.29 is 20.1 Å². The van der Waals surface area contributed by atoms with Gasteiger partial charge < -0.3 is 20.1 Å². The largest absolute Gasteiger partial charge is 0.488 e. The van der Waals surface area contributed by atoms with Crippen molar-refractivity contribution in [1.29, 1.82) is 0 Å². The molecule has 0 aliphatic heterocycles. The van der Waals surface area contributed by atoms with Gasteiger partial charge in [-0.1, -0.05) is 109 Å². The molecule has 4 aromatic rings. The van der Waals surface area contributed by atoms with Crippen molar-refractivity contribution in [2.24, 2.45) is 0 Å². The quantitative estimate of drug-likeness (QED) is 0.285. The summed E-state index contributed by atoms with van der Waals surface area (Å²) in [6, 6.07) is 34.4. The van der Waals surface area contributed by atoms with E-state index in [2.05, 4.69) is 24.3 Å². The predicted octanol–water partition coefficient (Wildman–Crippen LogP) is 2.05. The Morgan fingerprint density at radius 2 is 0.656 bits per heavy atom. The second-order valence-corrected chi connectivity index (χ2v) is 7.47. The Labute approximate surface area is 188 Å². The van der Waals surface area contributed by atoms with Gasteiger partial charge in [-0.25, -0.2) is 0 Å². The smallest absolute Gasteiger partial charge is 0.423 e. The molecule has 156 valence electrons. The molecule has 4 nitrogen and oxygen atoms in total. The van der Waals surface area contributed by atoms with Crippen molar-refractivity contribution in [1.82, 2.24) is 0 Å². The second-order valence-electron chi connectivity index (χ2n) is 7.47. The molecule has 0 atom stereocenters. The van der Waals surface area contributed by atoms with E-state index in [9.17, 15) is 20.1 Å². The first-order valence-corrected chi connectivity index (χ1v) is 10.3. The summed E-state index contributed by atoms with van der Waals surface area (Å²) in [6.45, 7) is 0. The summed E-state index contributed by atoms with van der Waals surface area (Å²) in [6.07, 6.45) is 0. The minimum absolute atomic E-state index is 0.410. The molecule has 0 aromatic heterocycles. The standard InChI is InChI=1S/C26H22B2O4/c29-27(30)23-15-11-21(12-16-23)26(22-13-17-24(18-14-22)28(31)32)25(19-7-3-1-4-8-19)20-9-5-2-6-10-20/h1-18,29-32H. The molecule has 0 bridgehead atoms. The molecule has 0 amide bonds. The van der Waals surface area contributed by atoms with Gasteiger partial charge in [-0.15, -0.1) is 0 Å². The van der Waals surface area contributed by atoms with E-state index in [0.717, 1.165) is 33.4 Å². The zero-order chi connectivity index (χ0) is 22.5. The maximum atomic E-state index is 9.51. The number of hydrogen-bond donors (Lipinski definition) is 4. The van der Waals surface area contributed by atoms with Gasteiger partial charge in [0.15, 0.2) is 0 Å². The van der Waals surface area contributed by atoms with E-state index in [4.69, 9.17) is 0 Å². The van der Waals surface area contributed by atoms with E-state index in [1.165, 1.54) is 0 Å². The third kappa shape index (κ3) is 4.74. The van der Waals surface area contributed by atoms with E-state index in [0.29, 0.717) is 10.9 Å². The predicted molar refractivity (Wildman–Crippen MR) is 130 cm³/mol. The first-order chi connectivity index (χ1) is 15.5. The lowest BCUT2D eigenvalue weighted by Gasteiger charge is -2.18. The number of rotatable bonds is 6. The molecule has 0 aliphatic carbocycles. The van der Waals surface area contributed by atoms with Crippen molar-refractivity contribution in [3.63, 3.8) is 0 Å². The Morgan fingerprint density at radius 1 is 0.375 bits per heavy atom. The van der Waals surface area contributed by atoms with Crippen LogP contribution in [0.1, 0.15) is 22.3 Å². The van der Waals surface area contributed by atoms with E-state index >= 15 is 0 Å². The topological polar surface area (TPSA) is 80.9 Å². The minimum atomic E-state index is -1.54. The van der Waals surface area contributed by atoms with Gasteiger partial charge >= 0.3 is 14.2 Å². The SMILES string of the molecule is OB(O)c1ccc(C(=C(c2ccccc2)c2ccccc2)c2ccc(B(O)O)cc2)cc1. The Bertz CT molecular complexity index is 1090. The van der Waals surface area contributed by atoms with Gasteiger partial charge in [-0.05, 0) is 44.3 Å². The lowest BCUT2D eigenvalue weighted by Crippen LogP contribution is -2.29. The third-order valence-corrected chi connectivity index (χ3v) is 5.37. The average molecular weight is 420 g/mol. The summed E-state index contributed by atoms with van der Waals surface area (Å²) in [7, 11) is -3.07. The van der Waals surface area contributed by atoms with Crippen molar-refractivity contribution in [3.05, 3.63) is 131 Å². The van der Waals surface area contributed by atoms with E-state index in [-0.39, 0.29) is 0 Å². The van der Waals surface area contributed by atoms with E-state index in [1.807, 2.05) is 60.7 Å². The van der Waals surface area contributed by atoms with Gasteiger partial charge in [-0.2, -0.15) is 0 Å². The van der Waals surface area contributed by atoms with Crippen LogP contribution in [-0.4, -0.2) is 34.3 Å². The molecule has 0 aliphatic rings. The van der Waals surface area contributed by atoms with Crippen LogP contribution in [0.15, 0.2) is 109 Å². The van der Waals surface area contributed by atoms with E-state index < -0.39 is 14.2 Å². The number of benzene rings is 4. The Kier molecular flexibility index (Phi) is 6.69. The third-order valence-electron chi connectivity index (χ3n) is 5.37. The monoisotopic (exact) mass is 420 g/mol. The highest BCUT2D eigenvalue weighted by Gasteiger charge is 2.18. The zero-order valence-electron chi connectivity index (χ0n) is 17.3. The summed E-state index contributed by atoms with van der Waals surface area (Å²) in [5.74, 6) is 0. The van der Waals surface area contributed by atoms with Crippen molar-refractivity contribution in [3.8, 4) is 0 Å². The summed E-state index contributed by atoms with van der Waals surface area (Å²) in [5, 5.41) is 38.1. The molecule has 4 aromatic carbocycles. The molecule has 0 saturated carbocycles. The van der Waals surface area contributed by atoms with Crippen LogP contribution in [0.2, 0.25) is 0 Å². The highest BCUT2D eigenvalue weighted by Crippen LogP contribution is 2.36. The summed E-state index contributed by atoms with van der Waals surface area (Å²) >= 11 is 0. The Morgan fingerprint density at radius 3 is 0.938 bits per heavy atom. The van der Waals surface area contributed by atoms with Crippen LogP contribution in [0.4, 0.5) is 0 Å². The van der Waals surface area contributed by atoms with Gasteiger partial charge in [0.2, 0.25) is 0 Å². The fraction of sp³-hybridized carbons (Fsp3) is 0. The Hall–Kier alpha value is -3.41. The lowest BCUT2D eigenvalue weighted by atomic mass is 9.77. The highest BCUT2D eigenvalue weighted by atomic mass is 16.4. The maximum Gasteiger partial charge on any atom is 0.488 e. The average Bonchev–Trinajstić information content (AvgIpc) is 2.84. The lowest BCUT2D eigenvalue weighted by molar-refractivity contribution is 0.424. The second kappa shape index (κ2) is 9.81. The molecule has 4 rings (SSSR count). The van der Waals surface area contributed by atoms with Crippen LogP contribution < -0.4 is 10.9 Å². The molecule has 0 heterocycles. The Balaban J connectivity index is 2.02. The molecule has 0 spiro atoms. The molecule has 0 fully saturated rings. The van der Waals surface area contributed by atoms with Crippen molar-refractivity contribution in [2.75, 3.05) is 0 Å². The maximum absolute atomic E-state index is 9.51. The van der Waals surface area contributed by atoms with Gasteiger partial charge in [-0.3, -0.25) is 0 Å². The highest BCUT2D eigenvalue weighted by molar-refractivity contribution is 6.59. The van der Waals surface area contributed by atoms with Crippen molar-refractivity contribution in [2.45, 2.75) is 0 Å². The van der Waals surface area contributed by atoms with Crippen LogP contribution in [0.25, 0.3) is 11.1 Å². The zero-order valence-corrected chi connectivity index (χ0v) is 17.3. The van der Waals surface area contributed by atoms with Gasteiger partial charge in [0, 0.05) is 0 Å². The molecule has 0 unspecified atom stereocenters. The van der Waals surface area contributed by atoms with Crippen LogP contribution >= 0.6 is 0 Å². The van der Waals surface area contributed by atoms with E-state index in [1.54, 1.807) is 24.3 Å². The van der Waals surface area contributed by atoms with Crippen LogP contribution in [-0.2, 0) is 0 Å². The normalized spacial score (nSPS) is 10.5. The van der Waals surface area contributed by atoms with Gasteiger partial charge in [0.1, 0.15) is 0 Å². The molecular weight excluding hydrogens is 398 g/mol. The van der Waals surface area contributed by atoms with Gasteiger partial charge in [0.25, 0.3) is 0 Å². The van der Waals surface area contributed by atoms with Crippen LogP contribution in [0.5, 0.6) is 0 Å². The molecule has 0 saturated heterocycles. The van der Waals surface area contributed by atoms with Crippen molar-refractivity contribution >= 4 is 36.3 Å². The van der Waals surface area contributed by atoms with Crippen LogP contribution in [0, 0.1) is 0 Å². The molecule has 0 radical (unpaired) electrons. The van der Waals surface area contributed by atoms with Gasteiger partial charge in [0.05, 0.1) is 0 Å². The molecule has 4 N–H and O–H groups in total. The summed E-state index contributed by atoms with van der Waals surface area (Å²) in [4.78, 5) is 0. The fourth-order valence-electron chi connectivity index (χ4n) is 3.76. The first-order valence-electron chi connectivity index (χ1n) is 10.3. The minimum Gasteiger partial charge on any atom is -0.423 e. The molecular formula is C26H22B2O4. The fourth-order valence-corrected chi connectivity index (χ4v) is 3.76. The number of hydrogen-bond acceptors (Lipinski definition) is 4. The van der Waals surface area contributed by atoms with Crippen LogP contribution in [0.3, 0.4) is 0 Å². The summed E-state index contributed by atoms with van der Waals surface area (Å²) < 4.78 is 0. The molecule has 6 heteroatoms.